The molecule has 172 valence electrons. The van der Waals surface area contributed by atoms with Crippen LogP contribution < -0.4 is 15.8 Å². The number of fused-ring (bicyclic) bond motifs is 4. The molecule has 8 heteroatoms. The second kappa shape index (κ2) is 9.32. The largest absolute Gasteiger partial charge is 0.488 e. The quantitative estimate of drug-likeness (QED) is 0.741. The number of nitrogens with zero attached hydrogens (tertiary/aromatic N) is 2. The molecule has 1 aromatic carbocycles. The highest BCUT2D eigenvalue weighted by atomic mass is 16.5. The highest BCUT2D eigenvalue weighted by Crippen LogP contribution is 2.30. The number of ether oxygens (including phenoxy) is 1. The molecule has 4 aliphatic rings. The summed E-state index contributed by atoms with van der Waals surface area (Å²) in [6.45, 7) is 4.91. The first kappa shape index (κ1) is 22.3. The predicted octanol–water partition coefficient (Wildman–Crippen LogP) is 1.50. The van der Waals surface area contributed by atoms with E-state index >= 15 is 0 Å². The molecule has 4 unspecified atom stereocenters. The summed E-state index contributed by atoms with van der Waals surface area (Å²) in [6, 6.07) is 5.42. The molecule has 0 saturated carbocycles. The Labute approximate surface area is 188 Å². The summed E-state index contributed by atoms with van der Waals surface area (Å²) in [7, 11) is 0. The van der Waals surface area contributed by atoms with Gasteiger partial charge >= 0.3 is 0 Å². The lowest BCUT2D eigenvalue weighted by Crippen LogP contribution is -2.58. The van der Waals surface area contributed by atoms with Crippen molar-refractivity contribution in [2.45, 2.75) is 63.8 Å². The van der Waals surface area contributed by atoms with Crippen LogP contribution in [0.1, 0.15) is 45.1 Å². The Morgan fingerprint density at radius 2 is 1.94 bits per heavy atom. The Kier molecular flexibility index (Phi) is 6.50. The zero-order valence-electron chi connectivity index (χ0n) is 18.7. The van der Waals surface area contributed by atoms with Gasteiger partial charge < -0.3 is 25.6 Å². The molecule has 0 radical (unpaired) electrons. The highest BCUT2D eigenvalue weighted by Gasteiger charge is 2.48. The van der Waals surface area contributed by atoms with Gasteiger partial charge in [-0.3, -0.25) is 14.4 Å². The smallest absolute Gasteiger partial charge is 0.249 e. The number of carbonyl (C=O) groups is 3. The minimum Gasteiger partial charge on any atom is -0.488 e. The van der Waals surface area contributed by atoms with Crippen molar-refractivity contribution in [2.24, 2.45) is 11.7 Å². The van der Waals surface area contributed by atoms with E-state index in [1.165, 1.54) is 0 Å². The van der Waals surface area contributed by atoms with Crippen LogP contribution in [0.15, 0.2) is 30.5 Å². The van der Waals surface area contributed by atoms with Gasteiger partial charge in [-0.15, -0.1) is 0 Å². The van der Waals surface area contributed by atoms with Crippen molar-refractivity contribution in [3.63, 3.8) is 0 Å². The van der Waals surface area contributed by atoms with Crippen LogP contribution in [0.25, 0.3) is 6.08 Å². The van der Waals surface area contributed by atoms with E-state index in [-0.39, 0.29) is 23.6 Å². The highest BCUT2D eigenvalue weighted by molar-refractivity contribution is 5.94. The van der Waals surface area contributed by atoms with Crippen molar-refractivity contribution in [3.8, 4) is 5.75 Å². The zero-order valence-corrected chi connectivity index (χ0v) is 18.7. The van der Waals surface area contributed by atoms with Crippen molar-refractivity contribution >= 4 is 23.8 Å². The molecule has 4 heterocycles. The maximum Gasteiger partial charge on any atom is 0.249 e. The summed E-state index contributed by atoms with van der Waals surface area (Å²) in [5.41, 5.74) is 7.13. The van der Waals surface area contributed by atoms with Gasteiger partial charge in [0.2, 0.25) is 17.7 Å². The lowest BCUT2D eigenvalue weighted by atomic mass is 10.0. The Bertz CT molecular complexity index is 898. The molecule has 5 rings (SSSR count). The van der Waals surface area contributed by atoms with Crippen LogP contribution in [-0.4, -0.2) is 64.8 Å². The summed E-state index contributed by atoms with van der Waals surface area (Å²) >= 11 is 0. The predicted molar refractivity (Wildman–Crippen MR) is 120 cm³/mol. The first-order chi connectivity index (χ1) is 15.3. The molecule has 2 bridgehead atoms. The lowest BCUT2D eigenvalue weighted by molar-refractivity contribution is -0.149. The molecule has 2 fully saturated rings. The molecule has 2 saturated heterocycles. The molecule has 3 amide bonds. The third-order valence-corrected chi connectivity index (χ3v) is 6.43. The Balaban J connectivity index is 1.68. The van der Waals surface area contributed by atoms with E-state index in [9.17, 15) is 14.4 Å². The molecule has 4 aliphatic heterocycles. The van der Waals surface area contributed by atoms with Crippen LogP contribution in [0.3, 0.4) is 0 Å². The maximum absolute atomic E-state index is 13.8. The molecule has 1 aromatic rings. The third-order valence-electron chi connectivity index (χ3n) is 6.43. The van der Waals surface area contributed by atoms with Crippen molar-refractivity contribution in [1.29, 1.82) is 0 Å². The van der Waals surface area contributed by atoms with Crippen LogP contribution in [0, 0.1) is 5.92 Å². The van der Waals surface area contributed by atoms with E-state index in [1.54, 1.807) is 16.0 Å². The van der Waals surface area contributed by atoms with Crippen molar-refractivity contribution in [3.05, 3.63) is 36.0 Å². The Morgan fingerprint density at radius 3 is 2.66 bits per heavy atom. The van der Waals surface area contributed by atoms with Crippen LogP contribution in [0.2, 0.25) is 0 Å². The van der Waals surface area contributed by atoms with E-state index in [0.29, 0.717) is 38.1 Å². The van der Waals surface area contributed by atoms with Gasteiger partial charge in [0, 0.05) is 25.7 Å². The summed E-state index contributed by atoms with van der Waals surface area (Å²) in [5, 5.41) is 2.80. The average molecular weight is 441 g/mol. The summed E-state index contributed by atoms with van der Waals surface area (Å²) in [4.78, 5) is 43.0. The molecule has 0 aromatic heterocycles. The fraction of sp³-hybridized carbons (Fsp3) is 0.542. The molecule has 32 heavy (non-hydrogen) atoms. The number of hydrogen-bond acceptors (Lipinski definition) is 5. The number of nitrogens with one attached hydrogen (secondary N) is 1. The minimum absolute atomic E-state index is 0.217. The fourth-order valence-electron chi connectivity index (χ4n) is 4.87. The number of carbonyl (C=O) groups excluding carboxylic acids is 3. The van der Waals surface area contributed by atoms with Gasteiger partial charge in [0.05, 0.1) is 6.04 Å². The SMILES string of the molecule is CC(C)CC(N)C(=O)N1CCC2Oc3ccc(cc3)C=CNC(=O)C3CCCN3C(=O)C21. The Morgan fingerprint density at radius 1 is 1.19 bits per heavy atom. The van der Waals surface area contributed by atoms with Crippen LogP contribution in [-0.2, 0) is 14.4 Å². The Hall–Kier alpha value is -2.87. The second-order valence-corrected chi connectivity index (χ2v) is 9.26. The van der Waals surface area contributed by atoms with Gasteiger partial charge in [0.15, 0.2) is 0 Å². The number of hydrogen-bond donors (Lipinski definition) is 2. The van der Waals surface area contributed by atoms with Gasteiger partial charge in [0.25, 0.3) is 0 Å². The van der Waals surface area contributed by atoms with E-state index < -0.39 is 24.2 Å². The molecule has 4 atom stereocenters. The van der Waals surface area contributed by atoms with Crippen LogP contribution >= 0.6 is 0 Å². The minimum atomic E-state index is -0.799. The van der Waals surface area contributed by atoms with Gasteiger partial charge in [0.1, 0.15) is 23.9 Å². The van der Waals surface area contributed by atoms with E-state index in [2.05, 4.69) is 5.32 Å². The van der Waals surface area contributed by atoms with E-state index in [4.69, 9.17) is 10.5 Å². The standard InChI is InChI=1S/C24H32N4O4/c1-15(2)14-18(25)23(30)28-13-10-20-21(28)24(31)27-12-3-4-19(27)22(29)26-11-9-16-5-7-17(32-20)8-6-16/h5-9,11,15,18-21H,3-4,10,12-14,25H2,1-2H3,(H,26,29). The first-order valence-corrected chi connectivity index (χ1v) is 11.5. The van der Waals surface area contributed by atoms with Crippen LogP contribution in [0.5, 0.6) is 5.75 Å². The molecular formula is C24H32N4O4. The van der Waals surface area contributed by atoms with Gasteiger partial charge in [-0.25, -0.2) is 0 Å². The van der Waals surface area contributed by atoms with Crippen molar-refractivity contribution < 1.29 is 19.1 Å². The number of likely N-dealkylation sites (tertiary alicyclic amines) is 1. The molecule has 0 aliphatic carbocycles. The molecule has 8 nitrogen and oxygen atoms in total. The van der Waals surface area contributed by atoms with Gasteiger partial charge in [-0.1, -0.05) is 26.0 Å². The number of amides is 3. The topological polar surface area (TPSA) is 105 Å². The fourth-order valence-corrected chi connectivity index (χ4v) is 4.87. The van der Waals surface area contributed by atoms with E-state index in [1.807, 2.05) is 44.2 Å². The summed E-state index contributed by atoms with van der Waals surface area (Å²) < 4.78 is 6.22. The average Bonchev–Trinajstić information content (AvgIpc) is 3.40. The van der Waals surface area contributed by atoms with Crippen LogP contribution in [0.4, 0.5) is 0 Å². The maximum atomic E-state index is 13.8. The van der Waals surface area contributed by atoms with Gasteiger partial charge in [-0.05, 0) is 49.0 Å². The van der Waals surface area contributed by atoms with E-state index in [0.717, 1.165) is 12.0 Å². The molecule has 3 N–H and O–H groups in total. The number of nitrogens with two attached hydrogens (primary N) is 1. The number of rotatable bonds is 3. The number of benzene rings is 1. The van der Waals surface area contributed by atoms with Crippen molar-refractivity contribution in [2.75, 3.05) is 13.1 Å². The van der Waals surface area contributed by atoms with Crippen molar-refractivity contribution in [1.82, 2.24) is 15.1 Å². The summed E-state index contributed by atoms with van der Waals surface area (Å²) in [6.07, 6.45) is 5.33. The zero-order chi connectivity index (χ0) is 22.8. The first-order valence-electron chi connectivity index (χ1n) is 11.5. The monoisotopic (exact) mass is 440 g/mol. The second-order valence-electron chi connectivity index (χ2n) is 9.26. The third kappa shape index (κ3) is 4.50. The van der Waals surface area contributed by atoms with Gasteiger partial charge in [-0.2, -0.15) is 0 Å². The molecule has 0 spiro atoms. The molecular weight excluding hydrogens is 408 g/mol. The summed E-state index contributed by atoms with van der Waals surface area (Å²) in [5.74, 6) is 0.215. The lowest BCUT2D eigenvalue weighted by Gasteiger charge is -2.34. The normalized spacial score (nSPS) is 26.4.